The number of carbonyl (C=O) groups is 2. The Morgan fingerprint density at radius 2 is 2.06 bits per heavy atom. The van der Waals surface area contributed by atoms with Crippen LogP contribution in [0.5, 0.6) is 0 Å². The number of azo groups is 1. The largest absolute Gasteiger partial charge is 0.368 e. The lowest BCUT2D eigenvalue weighted by Crippen LogP contribution is -2.28. The fraction of sp³-hybridized carbons (Fsp3) is 0.333. The van der Waals surface area contributed by atoms with Crippen molar-refractivity contribution in [2.45, 2.75) is 25.7 Å². The summed E-state index contributed by atoms with van der Waals surface area (Å²) < 4.78 is 5.20. The predicted octanol–water partition coefficient (Wildman–Crippen LogP) is 1.89. The highest BCUT2D eigenvalue weighted by Crippen LogP contribution is 2.27. The third-order valence-corrected chi connectivity index (χ3v) is 4.84. The molecule has 1 aliphatic heterocycles. The van der Waals surface area contributed by atoms with Gasteiger partial charge in [0.2, 0.25) is 17.6 Å². The van der Waals surface area contributed by atoms with Crippen LogP contribution in [-0.2, 0) is 16.0 Å². The number of aromatic nitrogens is 4. The molecule has 0 fully saturated rings. The van der Waals surface area contributed by atoms with Crippen LogP contribution in [0.25, 0.3) is 11.5 Å². The Bertz CT molecular complexity index is 1090. The van der Waals surface area contributed by atoms with Gasteiger partial charge in [0.05, 0.1) is 12.1 Å². The van der Waals surface area contributed by atoms with Crippen LogP contribution in [0.1, 0.15) is 25.2 Å². The van der Waals surface area contributed by atoms with Gasteiger partial charge in [-0.05, 0) is 12.8 Å². The minimum Gasteiger partial charge on any atom is -0.368 e. The maximum Gasteiger partial charge on any atom is 0.276 e. The second kappa shape index (κ2) is 10.3. The first-order valence-corrected chi connectivity index (χ1v) is 10.3. The van der Waals surface area contributed by atoms with Crippen LogP contribution in [0, 0.1) is 5.92 Å². The first-order valence-electron chi connectivity index (χ1n) is 10.3. The van der Waals surface area contributed by atoms with Crippen LogP contribution in [0.15, 0.2) is 69.0 Å². The Balaban J connectivity index is 1.12. The van der Waals surface area contributed by atoms with Crippen LogP contribution in [0.2, 0.25) is 0 Å². The van der Waals surface area contributed by atoms with Crippen molar-refractivity contribution in [1.29, 1.82) is 0 Å². The summed E-state index contributed by atoms with van der Waals surface area (Å²) in [4.78, 5) is 36.2. The molecule has 0 spiro atoms. The van der Waals surface area contributed by atoms with Gasteiger partial charge in [-0.2, -0.15) is 4.98 Å². The first kappa shape index (κ1) is 21.2. The van der Waals surface area contributed by atoms with Gasteiger partial charge >= 0.3 is 0 Å². The normalized spacial score (nSPS) is 16.9. The monoisotopic (exact) mass is 434 g/mol. The van der Waals surface area contributed by atoms with E-state index in [0.29, 0.717) is 62.0 Å². The minimum atomic E-state index is -0.366. The smallest absolute Gasteiger partial charge is 0.276 e. The molecule has 164 valence electrons. The molecule has 0 radical (unpaired) electrons. The number of aryl methyl sites for hydroxylation is 1. The third-order valence-electron chi connectivity index (χ3n) is 4.84. The van der Waals surface area contributed by atoms with Gasteiger partial charge in [-0.25, -0.2) is 4.98 Å². The molecule has 1 unspecified atom stereocenters. The first-order chi connectivity index (χ1) is 15.7. The van der Waals surface area contributed by atoms with Gasteiger partial charge in [0, 0.05) is 43.9 Å². The zero-order chi connectivity index (χ0) is 22.2. The van der Waals surface area contributed by atoms with Crippen LogP contribution in [0.4, 0.5) is 0 Å². The van der Waals surface area contributed by atoms with Crippen LogP contribution >= 0.6 is 0 Å². The zero-order valence-corrected chi connectivity index (χ0v) is 17.3. The average molecular weight is 434 g/mol. The van der Waals surface area contributed by atoms with Crippen molar-refractivity contribution in [1.82, 2.24) is 30.7 Å². The van der Waals surface area contributed by atoms with E-state index < -0.39 is 0 Å². The summed E-state index contributed by atoms with van der Waals surface area (Å²) in [5.74, 6) is 0.779. The molecule has 2 aromatic heterocycles. The van der Waals surface area contributed by atoms with Crippen LogP contribution in [-0.4, -0.2) is 45.0 Å². The summed E-state index contributed by atoms with van der Waals surface area (Å²) in [6, 6.07) is 0. The Labute approximate surface area is 183 Å². The van der Waals surface area contributed by atoms with E-state index >= 15 is 0 Å². The predicted molar refractivity (Wildman–Crippen MR) is 113 cm³/mol. The van der Waals surface area contributed by atoms with E-state index in [0.717, 1.165) is 5.57 Å². The van der Waals surface area contributed by atoms with Gasteiger partial charge in [-0.3, -0.25) is 14.6 Å². The summed E-state index contributed by atoms with van der Waals surface area (Å²) in [5.41, 5.74) is 1.36. The van der Waals surface area contributed by atoms with E-state index in [1.165, 1.54) is 0 Å². The van der Waals surface area contributed by atoms with Crippen molar-refractivity contribution in [3.05, 3.63) is 60.2 Å². The van der Waals surface area contributed by atoms with E-state index in [1.807, 2.05) is 24.3 Å². The van der Waals surface area contributed by atoms with Crippen molar-refractivity contribution in [2.24, 2.45) is 16.1 Å². The third kappa shape index (κ3) is 5.36. The Kier molecular flexibility index (Phi) is 6.85. The second-order valence-electron chi connectivity index (χ2n) is 7.15. The summed E-state index contributed by atoms with van der Waals surface area (Å²) in [6.07, 6.45) is 14.2. The number of nitrogens with one attached hydrogen (secondary N) is 2. The van der Waals surface area contributed by atoms with E-state index in [4.69, 9.17) is 4.52 Å². The summed E-state index contributed by atoms with van der Waals surface area (Å²) >= 11 is 0. The molecule has 0 aromatic carbocycles. The molecule has 3 heterocycles. The fourth-order valence-electron chi connectivity index (χ4n) is 3.23. The lowest BCUT2D eigenvalue weighted by Gasteiger charge is -2.20. The zero-order valence-electron chi connectivity index (χ0n) is 17.3. The van der Waals surface area contributed by atoms with E-state index in [9.17, 15) is 9.59 Å². The van der Waals surface area contributed by atoms with Gasteiger partial charge < -0.3 is 15.2 Å². The molecule has 2 aliphatic rings. The molecule has 2 amide bonds. The van der Waals surface area contributed by atoms with E-state index in [1.54, 1.807) is 18.6 Å². The molecule has 2 N–H and O–H groups in total. The van der Waals surface area contributed by atoms with Gasteiger partial charge in [0.15, 0.2) is 5.82 Å². The molecule has 0 bridgehead atoms. The molecular formula is C21H22N8O3. The molecule has 0 saturated heterocycles. The molecule has 4 rings (SSSR count). The van der Waals surface area contributed by atoms with Crippen LogP contribution in [0.3, 0.4) is 0 Å². The fourth-order valence-corrected chi connectivity index (χ4v) is 3.23. The molecule has 32 heavy (non-hydrogen) atoms. The highest BCUT2D eigenvalue weighted by molar-refractivity contribution is 5.86. The lowest BCUT2D eigenvalue weighted by molar-refractivity contribution is -0.121. The summed E-state index contributed by atoms with van der Waals surface area (Å²) in [5, 5.41) is 17.6. The SMILES string of the molecule is O=C(CCCc1nc(-c2cnccn2)no1)NCCCNC1=C2C=CC=CC2C(=O)N=N1. The molecule has 1 aliphatic carbocycles. The van der Waals surface area contributed by atoms with Crippen molar-refractivity contribution >= 4 is 11.8 Å². The van der Waals surface area contributed by atoms with Gasteiger partial charge in [-0.1, -0.05) is 29.5 Å². The maximum absolute atomic E-state index is 12.0. The van der Waals surface area contributed by atoms with Crippen molar-refractivity contribution < 1.29 is 14.1 Å². The number of amides is 2. The average Bonchev–Trinajstić information content (AvgIpc) is 3.30. The highest BCUT2D eigenvalue weighted by atomic mass is 16.5. The standard InChI is InChI=1S/C21H22N8O3/c30-17(7-3-8-18-26-20(29-32-18)16-13-22-11-12-23-16)24-9-4-10-25-19-14-5-1-2-6-15(14)21(31)28-27-19/h1-2,5-6,11-13,15,25H,3-4,7-10H2,(H,24,30). The van der Waals surface area contributed by atoms with Crippen molar-refractivity contribution in [3.8, 4) is 11.5 Å². The molecule has 11 nitrogen and oxygen atoms in total. The number of rotatable bonds is 10. The minimum absolute atomic E-state index is 0.0379. The molecule has 11 heteroatoms. The number of allylic oxidation sites excluding steroid dienone is 3. The quantitative estimate of drug-likeness (QED) is 0.539. The Morgan fingerprint density at radius 1 is 1.12 bits per heavy atom. The maximum atomic E-state index is 12.0. The molecule has 2 aromatic rings. The number of hydrogen-bond acceptors (Lipinski definition) is 9. The van der Waals surface area contributed by atoms with Gasteiger partial charge in [0.25, 0.3) is 5.91 Å². The number of fused-ring (bicyclic) bond motifs is 1. The molecular weight excluding hydrogens is 412 g/mol. The Hall–Kier alpha value is -4.02. The van der Waals surface area contributed by atoms with Crippen LogP contribution < -0.4 is 10.6 Å². The summed E-state index contributed by atoms with van der Waals surface area (Å²) in [7, 11) is 0. The van der Waals surface area contributed by atoms with Gasteiger partial charge in [-0.15, -0.1) is 10.2 Å². The van der Waals surface area contributed by atoms with E-state index in [2.05, 4.69) is 41.0 Å². The summed E-state index contributed by atoms with van der Waals surface area (Å²) in [6.45, 7) is 1.13. The lowest BCUT2D eigenvalue weighted by atomic mass is 9.93. The number of nitrogens with zero attached hydrogens (tertiary/aromatic N) is 6. The molecule has 0 saturated carbocycles. The van der Waals surface area contributed by atoms with Gasteiger partial charge in [0.1, 0.15) is 5.69 Å². The van der Waals surface area contributed by atoms with Crippen molar-refractivity contribution in [3.63, 3.8) is 0 Å². The Morgan fingerprint density at radius 3 is 2.94 bits per heavy atom. The second-order valence-corrected chi connectivity index (χ2v) is 7.15. The number of carbonyl (C=O) groups excluding carboxylic acids is 2. The topological polar surface area (TPSA) is 148 Å². The van der Waals surface area contributed by atoms with Crippen molar-refractivity contribution in [2.75, 3.05) is 13.1 Å². The highest BCUT2D eigenvalue weighted by Gasteiger charge is 2.26. The molecule has 1 atom stereocenters. The van der Waals surface area contributed by atoms with E-state index in [-0.39, 0.29) is 17.7 Å². The number of hydrogen-bond donors (Lipinski definition) is 2.